The van der Waals surface area contributed by atoms with Gasteiger partial charge in [0.25, 0.3) is 0 Å². The van der Waals surface area contributed by atoms with Crippen LogP contribution in [0.15, 0.2) is 18.2 Å². The zero-order valence-corrected chi connectivity index (χ0v) is 12.4. The summed E-state index contributed by atoms with van der Waals surface area (Å²) in [7, 11) is 2.74. The van der Waals surface area contributed by atoms with Gasteiger partial charge in [-0.3, -0.25) is 4.79 Å². The van der Waals surface area contributed by atoms with E-state index >= 15 is 0 Å². The molecule has 1 atom stereocenters. The molecule has 5 heteroatoms. The Kier molecular flexibility index (Phi) is 6.18. The maximum absolute atomic E-state index is 11.8. The first kappa shape index (κ1) is 16.2. The van der Waals surface area contributed by atoms with Crippen molar-refractivity contribution in [2.24, 2.45) is 0 Å². The van der Waals surface area contributed by atoms with Gasteiger partial charge in [-0.05, 0) is 30.5 Å². The van der Waals surface area contributed by atoms with Crippen molar-refractivity contribution in [2.75, 3.05) is 20.8 Å². The zero-order valence-electron chi connectivity index (χ0n) is 12.4. The van der Waals surface area contributed by atoms with E-state index in [1.165, 1.54) is 14.2 Å². The van der Waals surface area contributed by atoms with Gasteiger partial charge in [0, 0.05) is 13.5 Å². The predicted molar refractivity (Wildman–Crippen MR) is 75.4 cm³/mol. The average molecular weight is 279 g/mol. The topological polar surface area (TPSA) is 64.6 Å². The van der Waals surface area contributed by atoms with Crippen molar-refractivity contribution in [3.63, 3.8) is 0 Å². The molecule has 1 aromatic rings. The van der Waals surface area contributed by atoms with Crippen LogP contribution in [0.1, 0.15) is 16.7 Å². The number of amides is 1. The Balaban J connectivity index is 2.90. The van der Waals surface area contributed by atoms with Crippen LogP contribution in [0.25, 0.3) is 0 Å². The van der Waals surface area contributed by atoms with Crippen molar-refractivity contribution in [1.29, 1.82) is 0 Å². The van der Waals surface area contributed by atoms with Gasteiger partial charge in [0.2, 0.25) is 5.91 Å². The third kappa shape index (κ3) is 4.35. The van der Waals surface area contributed by atoms with Gasteiger partial charge in [0.05, 0.1) is 7.11 Å². The molecule has 0 spiro atoms. The molecular weight excluding hydrogens is 258 g/mol. The van der Waals surface area contributed by atoms with Crippen molar-refractivity contribution in [2.45, 2.75) is 26.3 Å². The Morgan fingerprint density at radius 2 is 1.80 bits per heavy atom. The molecule has 0 fully saturated rings. The molecule has 0 saturated heterocycles. The molecule has 0 heterocycles. The van der Waals surface area contributed by atoms with E-state index in [9.17, 15) is 9.59 Å². The van der Waals surface area contributed by atoms with Gasteiger partial charge < -0.3 is 14.8 Å². The van der Waals surface area contributed by atoms with Crippen molar-refractivity contribution in [3.8, 4) is 0 Å². The van der Waals surface area contributed by atoms with Gasteiger partial charge in [0.15, 0.2) is 0 Å². The fraction of sp³-hybridized carbons (Fsp3) is 0.467. The second-order valence-corrected chi connectivity index (χ2v) is 4.65. The second-order valence-electron chi connectivity index (χ2n) is 4.65. The summed E-state index contributed by atoms with van der Waals surface area (Å²) in [5, 5.41) is 2.63. The molecule has 0 aliphatic rings. The smallest absolute Gasteiger partial charge is 0.328 e. The number of carbonyl (C=O) groups is 2. The average Bonchev–Trinajstić information content (AvgIpc) is 2.41. The quantitative estimate of drug-likeness (QED) is 0.793. The summed E-state index contributed by atoms with van der Waals surface area (Å²) >= 11 is 0. The zero-order chi connectivity index (χ0) is 15.1. The highest BCUT2D eigenvalue weighted by Crippen LogP contribution is 2.16. The molecule has 1 aromatic carbocycles. The number of esters is 1. The van der Waals surface area contributed by atoms with Gasteiger partial charge in [0.1, 0.15) is 12.6 Å². The second kappa shape index (κ2) is 7.65. The van der Waals surface area contributed by atoms with Crippen molar-refractivity contribution >= 4 is 11.9 Å². The van der Waals surface area contributed by atoms with Gasteiger partial charge in [-0.2, -0.15) is 0 Å². The molecule has 1 amide bonds. The predicted octanol–water partition coefficient (Wildman–Crippen LogP) is 1.15. The molecule has 0 aliphatic carbocycles. The number of nitrogens with one attached hydrogen (secondary N) is 1. The van der Waals surface area contributed by atoms with Crippen LogP contribution in [0, 0.1) is 13.8 Å². The minimum atomic E-state index is -0.706. The number of hydrogen-bond acceptors (Lipinski definition) is 4. The normalized spacial score (nSPS) is 11.8. The molecule has 0 saturated carbocycles. The SMILES string of the molecule is COCC(=O)N[C@@H](Cc1c(C)cccc1C)C(=O)OC. The molecule has 20 heavy (non-hydrogen) atoms. The molecule has 0 bridgehead atoms. The maximum Gasteiger partial charge on any atom is 0.328 e. The van der Waals surface area contributed by atoms with Crippen LogP contribution in [0.5, 0.6) is 0 Å². The Labute approximate surface area is 119 Å². The van der Waals surface area contributed by atoms with E-state index in [2.05, 4.69) is 5.32 Å². The monoisotopic (exact) mass is 279 g/mol. The number of hydrogen-bond donors (Lipinski definition) is 1. The van der Waals surface area contributed by atoms with Gasteiger partial charge in [-0.25, -0.2) is 4.79 Å². The highest BCUT2D eigenvalue weighted by molar-refractivity contribution is 5.85. The summed E-state index contributed by atoms with van der Waals surface area (Å²) in [5.41, 5.74) is 3.21. The lowest BCUT2D eigenvalue weighted by Crippen LogP contribution is -2.44. The van der Waals surface area contributed by atoms with Crippen molar-refractivity contribution in [3.05, 3.63) is 34.9 Å². The highest BCUT2D eigenvalue weighted by Gasteiger charge is 2.23. The molecular formula is C15H21NO4. The lowest BCUT2D eigenvalue weighted by Gasteiger charge is -2.18. The molecule has 0 aromatic heterocycles. The van der Waals surface area contributed by atoms with Crippen LogP contribution < -0.4 is 5.32 Å². The number of carbonyl (C=O) groups excluding carboxylic acids is 2. The molecule has 0 aliphatic heterocycles. The third-order valence-electron chi connectivity index (χ3n) is 3.15. The van der Waals surface area contributed by atoms with Crippen LogP contribution >= 0.6 is 0 Å². The van der Waals surface area contributed by atoms with Crippen LogP contribution in [0.4, 0.5) is 0 Å². The van der Waals surface area contributed by atoms with E-state index in [1.54, 1.807) is 0 Å². The van der Waals surface area contributed by atoms with E-state index in [-0.39, 0.29) is 12.5 Å². The highest BCUT2D eigenvalue weighted by atomic mass is 16.5. The van der Waals surface area contributed by atoms with Crippen molar-refractivity contribution < 1.29 is 19.1 Å². The summed E-state index contributed by atoms with van der Waals surface area (Å²) in [6, 6.07) is 5.22. The number of ether oxygens (including phenoxy) is 2. The van der Waals surface area contributed by atoms with Crippen LogP contribution in [0.3, 0.4) is 0 Å². The first-order chi connectivity index (χ1) is 9.49. The fourth-order valence-electron chi connectivity index (χ4n) is 2.08. The molecule has 0 radical (unpaired) electrons. The van der Waals surface area contributed by atoms with E-state index in [1.807, 2.05) is 32.0 Å². The number of aryl methyl sites for hydroxylation is 2. The van der Waals surface area contributed by atoms with Crippen LogP contribution in [-0.2, 0) is 25.5 Å². The minimum absolute atomic E-state index is 0.0831. The summed E-state index contributed by atoms with van der Waals surface area (Å²) in [6.45, 7) is 3.88. The molecule has 1 N–H and O–H groups in total. The standard InChI is InChI=1S/C15H21NO4/c1-10-6-5-7-11(2)12(10)8-13(15(18)20-4)16-14(17)9-19-3/h5-7,13H,8-9H2,1-4H3,(H,16,17)/t13-/m0/s1. The maximum atomic E-state index is 11.8. The van der Waals surface area contributed by atoms with Gasteiger partial charge in [-0.15, -0.1) is 0 Å². The lowest BCUT2D eigenvalue weighted by molar-refractivity contribution is -0.145. The molecule has 110 valence electrons. The van der Waals surface area contributed by atoms with Crippen LogP contribution in [-0.4, -0.2) is 38.7 Å². The first-order valence-electron chi connectivity index (χ1n) is 6.40. The van der Waals surface area contributed by atoms with E-state index in [4.69, 9.17) is 9.47 Å². The Hall–Kier alpha value is -1.88. The number of methoxy groups -OCH3 is 2. The molecule has 5 nitrogen and oxygen atoms in total. The number of rotatable bonds is 6. The third-order valence-corrected chi connectivity index (χ3v) is 3.15. The number of benzene rings is 1. The van der Waals surface area contributed by atoms with Gasteiger partial charge in [-0.1, -0.05) is 18.2 Å². The Morgan fingerprint density at radius 1 is 1.20 bits per heavy atom. The van der Waals surface area contributed by atoms with E-state index in [0.717, 1.165) is 16.7 Å². The summed E-state index contributed by atoms with van der Waals surface area (Å²) in [5.74, 6) is -0.800. The Bertz CT molecular complexity index is 465. The molecule has 1 rings (SSSR count). The fourth-order valence-corrected chi connectivity index (χ4v) is 2.08. The van der Waals surface area contributed by atoms with E-state index < -0.39 is 12.0 Å². The summed E-state index contributed by atoms with van der Waals surface area (Å²) in [4.78, 5) is 23.4. The lowest BCUT2D eigenvalue weighted by atomic mass is 9.96. The Morgan fingerprint density at radius 3 is 2.30 bits per heavy atom. The largest absolute Gasteiger partial charge is 0.467 e. The molecule has 0 unspecified atom stereocenters. The first-order valence-corrected chi connectivity index (χ1v) is 6.40. The van der Waals surface area contributed by atoms with Gasteiger partial charge >= 0.3 is 5.97 Å². The summed E-state index contributed by atoms with van der Waals surface area (Å²) < 4.78 is 9.50. The van der Waals surface area contributed by atoms with Crippen LogP contribution in [0.2, 0.25) is 0 Å². The van der Waals surface area contributed by atoms with E-state index in [0.29, 0.717) is 6.42 Å². The minimum Gasteiger partial charge on any atom is -0.467 e. The van der Waals surface area contributed by atoms with Crippen molar-refractivity contribution in [1.82, 2.24) is 5.32 Å². The summed E-state index contributed by atoms with van der Waals surface area (Å²) in [6.07, 6.45) is 0.403.